The smallest absolute Gasteiger partial charge is 0.149 e. The Morgan fingerprint density at radius 1 is 1.15 bits per heavy atom. The molecule has 1 aliphatic heterocycles. The summed E-state index contributed by atoms with van der Waals surface area (Å²) in [6.07, 6.45) is 0.781. The molecule has 176 valence electrons. The maximum Gasteiger partial charge on any atom is 0.149 e. The number of ether oxygens (including phenoxy) is 1. The lowest BCUT2D eigenvalue weighted by molar-refractivity contribution is 0.122. The summed E-state index contributed by atoms with van der Waals surface area (Å²) in [7, 11) is 1.94. The zero-order valence-corrected chi connectivity index (χ0v) is 19.9. The quantitative estimate of drug-likeness (QED) is 0.334. The molecule has 3 heterocycles. The van der Waals surface area contributed by atoms with Gasteiger partial charge in [0.1, 0.15) is 17.8 Å². The zero-order valence-electron chi connectivity index (χ0n) is 19.1. The van der Waals surface area contributed by atoms with Crippen LogP contribution in [0, 0.1) is 5.82 Å². The summed E-state index contributed by atoms with van der Waals surface area (Å²) in [5.74, 6) is 0.228. The molecule has 0 saturated carbocycles. The van der Waals surface area contributed by atoms with E-state index in [0.717, 1.165) is 41.1 Å². The van der Waals surface area contributed by atoms with E-state index in [4.69, 9.17) is 10.5 Å². The van der Waals surface area contributed by atoms with Gasteiger partial charge in [0.15, 0.2) is 0 Å². The molecule has 2 aromatic heterocycles. The van der Waals surface area contributed by atoms with Gasteiger partial charge >= 0.3 is 0 Å². The average Bonchev–Trinajstić information content (AvgIpc) is 3.37. The number of pyridine rings is 1. The van der Waals surface area contributed by atoms with Crippen molar-refractivity contribution in [3.8, 4) is 11.1 Å². The van der Waals surface area contributed by atoms with Crippen LogP contribution in [0.15, 0.2) is 60.1 Å². The average molecular weight is 478 g/mol. The fourth-order valence-corrected chi connectivity index (χ4v) is 5.21. The first-order valence-electron chi connectivity index (χ1n) is 11.4. The number of hydrogen-bond acceptors (Lipinski definition) is 7. The van der Waals surface area contributed by atoms with E-state index in [1.165, 1.54) is 17.3 Å². The van der Waals surface area contributed by atoms with Crippen LogP contribution >= 0.6 is 11.3 Å². The van der Waals surface area contributed by atoms with Gasteiger partial charge in [-0.2, -0.15) is 0 Å². The maximum absolute atomic E-state index is 14.5. The first kappa shape index (κ1) is 22.7. The van der Waals surface area contributed by atoms with Gasteiger partial charge in [-0.1, -0.05) is 24.3 Å². The molecule has 1 fully saturated rings. The first-order valence-corrected chi connectivity index (χ1v) is 12.3. The van der Waals surface area contributed by atoms with E-state index in [2.05, 4.69) is 44.1 Å². The summed E-state index contributed by atoms with van der Waals surface area (Å²) < 4.78 is 20.0. The van der Waals surface area contributed by atoms with Crippen molar-refractivity contribution in [3.63, 3.8) is 0 Å². The monoisotopic (exact) mass is 477 g/mol. The predicted molar refractivity (Wildman–Crippen MR) is 138 cm³/mol. The Bertz CT molecular complexity index is 1290. The summed E-state index contributed by atoms with van der Waals surface area (Å²) in [6, 6.07) is 16.2. The van der Waals surface area contributed by atoms with Gasteiger partial charge in [0.2, 0.25) is 0 Å². The minimum atomic E-state index is -0.469. The summed E-state index contributed by atoms with van der Waals surface area (Å²) in [5.41, 5.74) is 11.1. The van der Waals surface area contributed by atoms with Crippen LogP contribution in [-0.4, -0.2) is 38.3 Å². The fraction of sp³-hybridized carbons (Fsp3) is 0.269. The van der Waals surface area contributed by atoms with E-state index in [-0.39, 0.29) is 5.82 Å². The molecule has 34 heavy (non-hydrogen) atoms. The highest BCUT2D eigenvalue weighted by atomic mass is 32.1. The van der Waals surface area contributed by atoms with Crippen LogP contribution in [0.3, 0.4) is 0 Å². The molecule has 2 aromatic carbocycles. The van der Waals surface area contributed by atoms with Crippen LogP contribution in [0.1, 0.15) is 16.6 Å². The molecule has 4 N–H and O–H groups in total. The Labute approximate surface area is 202 Å². The molecular formula is C26H28FN5OS. The largest absolute Gasteiger partial charge is 0.378 e. The highest BCUT2D eigenvalue weighted by molar-refractivity contribution is 7.10. The third-order valence-corrected chi connectivity index (χ3v) is 7.13. The summed E-state index contributed by atoms with van der Waals surface area (Å²) in [5, 5.41) is 9.91. The number of hydrogen-bond donors (Lipinski definition) is 3. The van der Waals surface area contributed by atoms with Crippen LogP contribution in [0.5, 0.6) is 0 Å². The molecule has 1 aliphatic rings. The second kappa shape index (κ2) is 10.1. The Balaban J connectivity index is 1.43. The van der Waals surface area contributed by atoms with Gasteiger partial charge < -0.3 is 26.0 Å². The lowest BCUT2D eigenvalue weighted by Crippen LogP contribution is -2.36. The van der Waals surface area contributed by atoms with Crippen molar-refractivity contribution in [2.75, 3.05) is 43.6 Å². The molecule has 1 atom stereocenters. The second-order valence-electron chi connectivity index (χ2n) is 8.33. The van der Waals surface area contributed by atoms with Gasteiger partial charge in [-0.3, -0.25) is 0 Å². The molecule has 4 aromatic rings. The molecule has 0 aliphatic carbocycles. The van der Waals surface area contributed by atoms with Crippen molar-refractivity contribution in [2.24, 2.45) is 5.73 Å². The number of morpholine rings is 1. The Morgan fingerprint density at radius 2 is 1.97 bits per heavy atom. The van der Waals surface area contributed by atoms with Gasteiger partial charge in [-0.05, 0) is 53.4 Å². The number of nitrogens with zero attached hydrogens (tertiary/aromatic N) is 2. The molecular weight excluding hydrogens is 449 g/mol. The van der Waals surface area contributed by atoms with E-state index in [9.17, 15) is 4.39 Å². The van der Waals surface area contributed by atoms with Crippen LogP contribution in [0.4, 0.5) is 15.9 Å². The van der Waals surface area contributed by atoms with Crippen molar-refractivity contribution in [1.29, 1.82) is 0 Å². The molecule has 0 spiro atoms. The molecule has 0 unspecified atom stereocenters. The molecule has 8 heteroatoms. The predicted octanol–water partition coefficient (Wildman–Crippen LogP) is 4.73. The van der Waals surface area contributed by atoms with Crippen molar-refractivity contribution in [2.45, 2.75) is 12.7 Å². The SMILES string of the molecule is CNCc1ccccc1-c1csc([C@@H](N)Nc2ncc(F)c3ccc(N4CCOCC4)cc23)c1. The molecule has 0 radical (unpaired) electrons. The number of fused-ring (bicyclic) bond motifs is 1. The molecule has 1 saturated heterocycles. The molecule has 0 bridgehead atoms. The normalized spacial score (nSPS) is 15.0. The van der Waals surface area contributed by atoms with Crippen LogP contribution in [0.2, 0.25) is 0 Å². The Hall–Kier alpha value is -3.04. The summed E-state index contributed by atoms with van der Waals surface area (Å²) >= 11 is 1.60. The number of benzene rings is 2. The third kappa shape index (κ3) is 4.63. The number of halogens is 1. The number of nitrogens with one attached hydrogen (secondary N) is 2. The van der Waals surface area contributed by atoms with Gasteiger partial charge in [0, 0.05) is 41.0 Å². The second-order valence-corrected chi connectivity index (χ2v) is 9.27. The number of thiophene rings is 1. The van der Waals surface area contributed by atoms with Crippen molar-refractivity contribution < 1.29 is 9.13 Å². The lowest BCUT2D eigenvalue weighted by atomic mass is 10.0. The highest BCUT2D eigenvalue weighted by Crippen LogP contribution is 2.33. The standard InChI is InChI=1S/C26H28FN5OS/c1-29-14-17-4-2-3-5-20(17)18-12-24(34-16-18)25(28)31-26-22-13-19(32-8-10-33-11-9-32)6-7-21(22)23(27)15-30-26/h2-7,12-13,15-16,25,29H,8-11,14,28H2,1H3,(H,30,31)/t25-/m0/s1. The molecule has 0 amide bonds. The number of aromatic nitrogens is 1. The summed E-state index contributed by atoms with van der Waals surface area (Å²) in [4.78, 5) is 7.57. The van der Waals surface area contributed by atoms with Crippen LogP contribution < -0.4 is 21.3 Å². The minimum absolute atomic E-state index is 0.345. The fourth-order valence-electron chi connectivity index (χ4n) is 4.35. The Morgan fingerprint density at radius 3 is 2.79 bits per heavy atom. The molecule has 6 nitrogen and oxygen atoms in total. The van der Waals surface area contributed by atoms with Gasteiger partial charge in [0.25, 0.3) is 0 Å². The van der Waals surface area contributed by atoms with E-state index in [1.54, 1.807) is 11.3 Å². The summed E-state index contributed by atoms with van der Waals surface area (Å²) in [6.45, 7) is 3.79. The number of rotatable bonds is 7. The van der Waals surface area contributed by atoms with Gasteiger partial charge in [-0.15, -0.1) is 11.3 Å². The minimum Gasteiger partial charge on any atom is -0.378 e. The van der Waals surface area contributed by atoms with Crippen molar-refractivity contribution >= 4 is 33.6 Å². The van der Waals surface area contributed by atoms with Gasteiger partial charge in [-0.25, -0.2) is 9.37 Å². The van der Waals surface area contributed by atoms with E-state index in [0.29, 0.717) is 24.4 Å². The van der Waals surface area contributed by atoms with Crippen molar-refractivity contribution in [1.82, 2.24) is 10.3 Å². The highest BCUT2D eigenvalue weighted by Gasteiger charge is 2.17. The topological polar surface area (TPSA) is 75.4 Å². The number of anilines is 2. The van der Waals surface area contributed by atoms with Crippen LogP contribution in [0.25, 0.3) is 21.9 Å². The number of nitrogens with two attached hydrogens (primary N) is 1. The Kier molecular flexibility index (Phi) is 6.73. The van der Waals surface area contributed by atoms with E-state index in [1.807, 2.05) is 37.4 Å². The lowest BCUT2D eigenvalue weighted by Gasteiger charge is -2.29. The first-order chi connectivity index (χ1) is 16.6. The van der Waals surface area contributed by atoms with E-state index >= 15 is 0 Å². The van der Waals surface area contributed by atoms with Crippen molar-refractivity contribution in [3.05, 3.63) is 76.4 Å². The zero-order chi connectivity index (χ0) is 23.5. The van der Waals surface area contributed by atoms with Gasteiger partial charge in [0.05, 0.1) is 19.4 Å². The van der Waals surface area contributed by atoms with E-state index < -0.39 is 6.17 Å². The van der Waals surface area contributed by atoms with Crippen LogP contribution in [-0.2, 0) is 11.3 Å². The maximum atomic E-state index is 14.5. The third-order valence-electron chi connectivity index (χ3n) is 6.11. The molecule has 5 rings (SSSR count).